The summed E-state index contributed by atoms with van der Waals surface area (Å²) in [7, 11) is 2.02. The van der Waals surface area contributed by atoms with Crippen molar-refractivity contribution in [2.75, 3.05) is 0 Å². The highest BCUT2D eigenvalue weighted by Gasteiger charge is 2.21. The van der Waals surface area contributed by atoms with Gasteiger partial charge in [0.15, 0.2) is 0 Å². The molecule has 0 bridgehead atoms. The highest BCUT2D eigenvalue weighted by molar-refractivity contribution is 5.05. The van der Waals surface area contributed by atoms with E-state index in [1.54, 1.807) is 0 Å². The Kier molecular flexibility index (Phi) is 4.81. The zero-order chi connectivity index (χ0) is 13.0. The Hall–Kier alpha value is -0.830. The van der Waals surface area contributed by atoms with Gasteiger partial charge in [-0.15, -0.1) is 0 Å². The number of aryl methyl sites for hydroxylation is 1. The molecule has 1 aliphatic carbocycles. The summed E-state index contributed by atoms with van der Waals surface area (Å²) < 4.78 is 1.97. The zero-order valence-corrected chi connectivity index (χ0v) is 12.0. The molecule has 0 radical (unpaired) electrons. The number of nitrogens with zero attached hydrogens (tertiary/aromatic N) is 2. The highest BCUT2D eigenvalue weighted by Crippen LogP contribution is 2.26. The molecule has 1 unspecified atom stereocenters. The van der Waals surface area contributed by atoms with Gasteiger partial charge < -0.3 is 5.32 Å². The summed E-state index contributed by atoms with van der Waals surface area (Å²) in [6.07, 6.45) is 10.4. The molecule has 0 amide bonds. The Labute approximate surface area is 111 Å². The van der Waals surface area contributed by atoms with Gasteiger partial charge in [0.2, 0.25) is 0 Å². The minimum atomic E-state index is 0.385. The number of nitrogens with one attached hydrogen (secondary N) is 1. The van der Waals surface area contributed by atoms with Gasteiger partial charge in [-0.05, 0) is 38.7 Å². The Balaban J connectivity index is 1.90. The van der Waals surface area contributed by atoms with Crippen LogP contribution in [0.4, 0.5) is 0 Å². The van der Waals surface area contributed by atoms with Crippen LogP contribution in [0.5, 0.6) is 0 Å². The van der Waals surface area contributed by atoms with Crippen molar-refractivity contribution < 1.29 is 0 Å². The standard InChI is InChI=1S/C15H27N3/c1-12(14-8-6-4-5-7-9-14)17-13(2)15-10-11-16-18(15)3/h10-14,17H,4-9H2,1-3H3/t12-,13?/m1/s1. The van der Waals surface area contributed by atoms with Crippen molar-refractivity contribution in [2.45, 2.75) is 64.5 Å². The summed E-state index contributed by atoms with van der Waals surface area (Å²) in [6, 6.07) is 3.10. The lowest BCUT2D eigenvalue weighted by atomic mass is 9.92. The van der Waals surface area contributed by atoms with E-state index in [1.165, 1.54) is 44.2 Å². The van der Waals surface area contributed by atoms with Crippen LogP contribution in [0.1, 0.15) is 64.1 Å². The van der Waals surface area contributed by atoms with Gasteiger partial charge in [-0.2, -0.15) is 5.10 Å². The fourth-order valence-electron chi connectivity index (χ4n) is 3.24. The minimum absolute atomic E-state index is 0.385. The first kappa shape index (κ1) is 13.6. The first-order chi connectivity index (χ1) is 8.68. The van der Waals surface area contributed by atoms with Crippen LogP contribution in [0.15, 0.2) is 12.3 Å². The Morgan fingerprint density at radius 2 is 1.89 bits per heavy atom. The molecule has 0 aromatic carbocycles. The fraction of sp³-hybridized carbons (Fsp3) is 0.800. The van der Waals surface area contributed by atoms with E-state index in [-0.39, 0.29) is 0 Å². The maximum Gasteiger partial charge on any atom is 0.0547 e. The fourth-order valence-corrected chi connectivity index (χ4v) is 3.24. The topological polar surface area (TPSA) is 29.9 Å². The van der Waals surface area contributed by atoms with E-state index < -0.39 is 0 Å². The van der Waals surface area contributed by atoms with Crippen LogP contribution in [-0.4, -0.2) is 15.8 Å². The Bertz CT molecular complexity index is 350. The quantitative estimate of drug-likeness (QED) is 0.829. The summed E-state index contributed by atoms with van der Waals surface area (Å²) in [5.41, 5.74) is 1.27. The molecule has 1 aliphatic rings. The lowest BCUT2D eigenvalue weighted by Crippen LogP contribution is -2.36. The third kappa shape index (κ3) is 3.35. The van der Waals surface area contributed by atoms with Crippen molar-refractivity contribution in [3.05, 3.63) is 18.0 Å². The summed E-state index contributed by atoms with van der Waals surface area (Å²) in [6.45, 7) is 4.59. The van der Waals surface area contributed by atoms with E-state index in [2.05, 4.69) is 30.3 Å². The normalized spacial score (nSPS) is 21.5. The number of hydrogen-bond donors (Lipinski definition) is 1. The molecule has 2 rings (SSSR count). The lowest BCUT2D eigenvalue weighted by Gasteiger charge is -2.27. The summed E-state index contributed by atoms with van der Waals surface area (Å²) in [5.74, 6) is 0.850. The second kappa shape index (κ2) is 6.37. The van der Waals surface area contributed by atoms with Crippen LogP contribution in [0.25, 0.3) is 0 Å². The highest BCUT2D eigenvalue weighted by atomic mass is 15.3. The van der Waals surface area contributed by atoms with Crippen molar-refractivity contribution >= 4 is 0 Å². The molecular formula is C15H27N3. The molecule has 3 nitrogen and oxygen atoms in total. The van der Waals surface area contributed by atoms with Gasteiger partial charge in [-0.25, -0.2) is 0 Å². The average Bonchev–Trinajstić information content (AvgIpc) is 2.63. The monoisotopic (exact) mass is 249 g/mol. The first-order valence-electron chi connectivity index (χ1n) is 7.42. The molecule has 1 N–H and O–H groups in total. The van der Waals surface area contributed by atoms with Crippen LogP contribution in [-0.2, 0) is 7.05 Å². The second-order valence-electron chi connectivity index (χ2n) is 5.81. The largest absolute Gasteiger partial charge is 0.306 e. The van der Waals surface area contributed by atoms with Crippen LogP contribution in [0, 0.1) is 5.92 Å². The third-order valence-corrected chi connectivity index (χ3v) is 4.42. The molecular weight excluding hydrogens is 222 g/mol. The van der Waals surface area contributed by atoms with Crippen LogP contribution >= 0.6 is 0 Å². The predicted octanol–water partition coefficient (Wildman–Crippen LogP) is 3.43. The van der Waals surface area contributed by atoms with E-state index in [4.69, 9.17) is 0 Å². The van der Waals surface area contributed by atoms with Crippen molar-refractivity contribution in [3.8, 4) is 0 Å². The molecule has 18 heavy (non-hydrogen) atoms. The molecule has 102 valence electrons. The van der Waals surface area contributed by atoms with Crippen molar-refractivity contribution in [2.24, 2.45) is 13.0 Å². The Morgan fingerprint density at radius 1 is 1.22 bits per heavy atom. The molecule has 1 aromatic rings. The lowest BCUT2D eigenvalue weighted by molar-refractivity contribution is 0.312. The van der Waals surface area contributed by atoms with Gasteiger partial charge in [-0.1, -0.05) is 25.7 Å². The molecule has 1 heterocycles. The van der Waals surface area contributed by atoms with E-state index in [9.17, 15) is 0 Å². The molecule has 0 saturated heterocycles. The van der Waals surface area contributed by atoms with Crippen LogP contribution < -0.4 is 5.32 Å². The molecule has 3 heteroatoms. The Morgan fingerprint density at radius 3 is 2.44 bits per heavy atom. The molecule has 1 fully saturated rings. The van der Waals surface area contributed by atoms with Gasteiger partial charge in [0, 0.05) is 25.3 Å². The minimum Gasteiger partial charge on any atom is -0.306 e. The second-order valence-corrected chi connectivity index (χ2v) is 5.81. The van der Waals surface area contributed by atoms with Gasteiger partial charge in [-0.3, -0.25) is 4.68 Å². The first-order valence-corrected chi connectivity index (χ1v) is 7.42. The SMILES string of the molecule is CC(N[C@H](C)C1CCCCCC1)c1ccnn1C. The van der Waals surface area contributed by atoms with Gasteiger partial charge in [0.25, 0.3) is 0 Å². The van der Waals surface area contributed by atoms with Gasteiger partial charge >= 0.3 is 0 Å². The number of hydrogen-bond acceptors (Lipinski definition) is 2. The molecule has 1 aromatic heterocycles. The molecule has 0 spiro atoms. The summed E-state index contributed by atoms with van der Waals surface area (Å²) in [4.78, 5) is 0. The molecule has 0 aliphatic heterocycles. The third-order valence-electron chi connectivity index (χ3n) is 4.42. The maximum absolute atomic E-state index is 4.25. The van der Waals surface area contributed by atoms with E-state index in [0.717, 1.165) is 5.92 Å². The summed E-state index contributed by atoms with van der Waals surface area (Å²) >= 11 is 0. The van der Waals surface area contributed by atoms with E-state index in [0.29, 0.717) is 12.1 Å². The van der Waals surface area contributed by atoms with E-state index >= 15 is 0 Å². The van der Waals surface area contributed by atoms with Gasteiger partial charge in [0.05, 0.1) is 5.69 Å². The van der Waals surface area contributed by atoms with E-state index in [1.807, 2.05) is 17.9 Å². The smallest absolute Gasteiger partial charge is 0.0547 e. The number of rotatable bonds is 4. The maximum atomic E-state index is 4.25. The van der Waals surface area contributed by atoms with Crippen molar-refractivity contribution in [1.29, 1.82) is 0 Å². The summed E-state index contributed by atoms with van der Waals surface area (Å²) in [5, 5.41) is 8.01. The molecule has 2 atom stereocenters. The van der Waals surface area contributed by atoms with Crippen LogP contribution in [0.3, 0.4) is 0 Å². The van der Waals surface area contributed by atoms with Crippen LogP contribution in [0.2, 0.25) is 0 Å². The predicted molar refractivity (Wildman–Crippen MR) is 75.4 cm³/mol. The molecule has 1 saturated carbocycles. The van der Waals surface area contributed by atoms with Gasteiger partial charge in [0.1, 0.15) is 0 Å². The number of aromatic nitrogens is 2. The van der Waals surface area contributed by atoms with Crippen molar-refractivity contribution in [3.63, 3.8) is 0 Å². The van der Waals surface area contributed by atoms with Crippen molar-refractivity contribution in [1.82, 2.24) is 15.1 Å². The zero-order valence-electron chi connectivity index (χ0n) is 12.0. The average molecular weight is 249 g/mol.